The van der Waals surface area contributed by atoms with Crippen molar-refractivity contribution in [2.24, 2.45) is 0 Å². The fourth-order valence-corrected chi connectivity index (χ4v) is 1.18. The second-order valence-electron chi connectivity index (χ2n) is 3.44. The van der Waals surface area contributed by atoms with E-state index in [-0.39, 0.29) is 0 Å². The zero-order valence-electron chi connectivity index (χ0n) is 8.81. The molecule has 8 nitrogen and oxygen atoms in total. The molecule has 0 fully saturated rings. The van der Waals surface area contributed by atoms with Crippen LogP contribution in [0.15, 0.2) is 11.5 Å². The van der Waals surface area contributed by atoms with Gasteiger partial charge in [-0.1, -0.05) is 0 Å². The molecule has 0 bridgehead atoms. The second-order valence-corrected chi connectivity index (χ2v) is 3.44. The largest absolute Gasteiger partial charge is 0.505 e. The summed E-state index contributed by atoms with van der Waals surface area (Å²) >= 11 is 0. The third-order valence-electron chi connectivity index (χ3n) is 2.09. The Labute approximate surface area is 96.3 Å². The summed E-state index contributed by atoms with van der Waals surface area (Å²) in [6.07, 6.45) is -4.04. The lowest BCUT2D eigenvalue weighted by Gasteiger charge is -2.13. The fourth-order valence-electron chi connectivity index (χ4n) is 1.18. The van der Waals surface area contributed by atoms with Crippen LogP contribution >= 0.6 is 0 Å². The number of carbonyl (C=O) groups is 1. The van der Waals surface area contributed by atoms with Crippen LogP contribution in [0.3, 0.4) is 0 Å². The summed E-state index contributed by atoms with van der Waals surface area (Å²) in [6.45, 7) is -1.67. The van der Waals surface area contributed by atoms with Gasteiger partial charge in [-0.3, -0.25) is 0 Å². The zero-order chi connectivity index (χ0) is 13.0. The van der Waals surface area contributed by atoms with E-state index in [0.717, 1.165) is 0 Å². The average molecular weight is 250 g/mol. The van der Waals surface area contributed by atoms with Gasteiger partial charge in [0, 0.05) is 0 Å². The summed E-state index contributed by atoms with van der Waals surface area (Å²) in [5.74, 6) is -2.21. The lowest BCUT2D eigenvalue weighted by atomic mass is 10.2. The molecule has 1 rings (SSSR count). The Balaban J connectivity index is 2.68. The molecule has 0 radical (unpaired) electrons. The Morgan fingerprint density at radius 3 is 2.47 bits per heavy atom. The first-order valence-corrected chi connectivity index (χ1v) is 4.86. The molecular weight excluding hydrogens is 236 g/mol. The predicted molar refractivity (Wildman–Crippen MR) is 51.7 cm³/mol. The molecule has 5 N–H and O–H groups in total. The van der Waals surface area contributed by atoms with Crippen molar-refractivity contribution in [1.82, 2.24) is 0 Å². The van der Waals surface area contributed by atoms with Crippen LogP contribution in [0, 0.1) is 0 Å². The number of hydrogen-bond donors (Lipinski definition) is 5. The topological polar surface area (TPSA) is 137 Å². The summed E-state index contributed by atoms with van der Waals surface area (Å²) in [6, 6.07) is 0. The maximum atomic E-state index is 11.2. The number of carbonyl (C=O) groups excluding carboxylic acids is 1. The summed E-state index contributed by atoms with van der Waals surface area (Å²) in [5.41, 5.74) is 0. The van der Waals surface area contributed by atoms with Gasteiger partial charge in [0.15, 0.2) is 11.9 Å². The quantitative estimate of drug-likeness (QED) is 0.324. The van der Waals surface area contributed by atoms with Crippen LogP contribution in [0.2, 0.25) is 0 Å². The predicted octanol–water partition coefficient (Wildman–Crippen LogP) is -2.60. The Morgan fingerprint density at radius 2 is 1.94 bits per heavy atom. The van der Waals surface area contributed by atoms with Crippen molar-refractivity contribution in [3.63, 3.8) is 0 Å². The third kappa shape index (κ3) is 3.07. The van der Waals surface area contributed by atoms with Crippen LogP contribution in [0.4, 0.5) is 0 Å². The molecule has 98 valence electrons. The van der Waals surface area contributed by atoms with Gasteiger partial charge in [-0.05, 0) is 0 Å². The first-order chi connectivity index (χ1) is 8.01. The van der Waals surface area contributed by atoms with Crippen molar-refractivity contribution in [1.29, 1.82) is 0 Å². The molecule has 1 heterocycles. The van der Waals surface area contributed by atoms with Crippen molar-refractivity contribution in [3.8, 4) is 0 Å². The number of aliphatic hydroxyl groups excluding tert-OH is 5. The van der Waals surface area contributed by atoms with E-state index in [1.165, 1.54) is 0 Å². The van der Waals surface area contributed by atoms with E-state index in [2.05, 4.69) is 4.74 Å². The molecule has 0 aliphatic carbocycles. The molecular formula is C9H14O8. The monoisotopic (exact) mass is 250 g/mol. The summed E-state index contributed by atoms with van der Waals surface area (Å²) < 4.78 is 9.32. The number of aliphatic hydroxyl groups is 5. The summed E-state index contributed by atoms with van der Waals surface area (Å²) in [5, 5.41) is 44.9. The van der Waals surface area contributed by atoms with Crippen molar-refractivity contribution in [3.05, 3.63) is 11.5 Å². The minimum Gasteiger partial charge on any atom is -0.505 e. The highest BCUT2D eigenvalue weighted by molar-refractivity contribution is 5.89. The van der Waals surface area contributed by atoms with Crippen LogP contribution in [-0.4, -0.2) is 69.6 Å². The van der Waals surface area contributed by atoms with Crippen molar-refractivity contribution < 1.29 is 39.8 Å². The SMILES string of the molecule is O=C1O[C@H]([C@@H](O)CO)C(O)=C1OC[C@@H](O)CO. The highest BCUT2D eigenvalue weighted by Gasteiger charge is 2.40. The van der Waals surface area contributed by atoms with Crippen molar-refractivity contribution in [2.75, 3.05) is 19.8 Å². The molecule has 0 aromatic heterocycles. The van der Waals surface area contributed by atoms with E-state index in [1.807, 2.05) is 0 Å². The van der Waals surface area contributed by atoms with Crippen molar-refractivity contribution >= 4 is 5.97 Å². The standard InChI is InChI=1S/C9H14O8/c10-1-4(12)3-16-8-6(14)7(5(13)2-11)17-9(8)15/h4-5,7,10-14H,1-3H2/t4-,5-,7+/m0/s1. The van der Waals surface area contributed by atoms with Crippen molar-refractivity contribution in [2.45, 2.75) is 18.3 Å². The first kappa shape index (κ1) is 13.7. The Kier molecular flexibility index (Phi) is 4.70. The van der Waals surface area contributed by atoms with E-state index in [4.69, 9.17) is 20.1 Å². The lowest BCUT2D eigenvalue weighted by Crippen LogP contribution is -2.31. The minimum atomic E-state index is -1.46. The molecule has 0 saturated heterocycles. The molecule has 3 atom stereocenters. The van der Waals surface area contributed by atoms with Gasteiger partial charge in [0.25, 0.3) is 0 Å². The molecule has 0 saturated carbocycles. The normalized spacial score (nSPS) is 23.5. The molecule has 1 aliphatic heterocycles. The van der Waals surface area contributed by atoms with Gasteiger partial charge in [-0.2, -0.15) is 0 Å². The van der Waals surface area contributed by atoms with Crippen LogP contribution in [0.1, 0.15) is 0 Å². The Bertz CT molecular complexity index is 312. The van der Waals surface area contributed by atoms with Crippen LogP contribution in [-0.2, 0) is 14.3 Å². The number of ether oxygens (including phenoxy) is 2. The van der Waals surface area contributed by atoms with E-state index in [0.29, 0.717) is 0 Å². The van der Waals surface area contributed by atoms with Gasteiger partial charge < -0.3 is 35.0 Å². The zero-order valence-corrected chi connectivity index (χ0v) is 8.81. The number of esters is 1. The van der Waals surface area contributed by atoms with E-state index >= 15 is 0 Å². The van der Waals surface area contributed by atoms with Gasteiger partial charge in [0.2, 0.25) is 5.76 Å². The van der Waals surface area contributed by atoms with E-state index in [1.54, 1.807) is 0 Å². The molecule has 17 heavy (non-hydrogen) atoms. The van der Waals surface area contributed by atoms with Gasteiger partial charge in [0.05, 0.1) is 13.2 Å². The highest BCUT2D eigenvalue weighted by Crippen LogP contribution is 2.24. The van der Waals surface area contributed by atoms with Gasteiger partial charge in [-0.25, -0.2) is 4.79 Å². The molecule has 1 aliphatic rings. The molecule has 8 heteroatoms. The van der Waals surface area contributed by atoms with Crippen LogP contribution in [0.5, 0.6) is 0 Å². The summed E-state index contributed by atoms with van der Waals surface area (Å²) in [7, 11) is 0. The smallest absolute Gasteiger partial charge is 0.378 e. The third-order valence-corrected chi connectivity index (χ3v) is 2.09. The van der Waals surface area contributed by atoms with Crippen LogP contribution < -0.4 is 0 Å². The van der Waals surface area contributed by atoms with Gasteiger partial charge in [-0.15, -0.1) is 0 Å². The lowest BCUT2D eigenvalue weighted by molar-refractivity contribution is -0.148. The number of hydrogen-bond acceptors (Lipinski definition) is 8. The fraction of sp³-hybridized carbons (Fsp3) is 0.667. The molecule has 0 aromatic rings. The van der Waals surface area contributed by atoms with Gasteiger partial charge in [0.1, 0.15) is 18.8 Å². The maximum absolute atomic E-state index is 11.2. The Hall–Kier alpha value is -1.35. The van der Waals surface area contributed by atoms with E-state index in [9.17, 15) is 15.0 Å². The molecule has 0 amide bonds. The van der Waals surface area contributed by atoms with E-state index < -0.39 is 55.6 Å². The minimum absolute atomic E-state index is 0.410. The highest BCUT2D eigenvalue weighted by atomic mass is 16.6. The molecule has 0 unspecified atom stereocenters. The number of cyclic esters (lactones) is 1. The maximum Gasteiger partial charge on any atom is 0.378 e. The summed E-state index contributed by atoms with van der Waals surface area (Å²) in [4.78, 5) is 11.2. The average Bonchev–Trinajstić information content (AvgIpc) is 2.61. The molecule has 0 spiro atoms. The second kappa shape index (κ2) is 5.82. The van der Waals surface area contributed by atoms with Crippen LogP contribution in [0.25, 0.3) is 0 Å². The van der Waals surface area contributed by atoms with Gasteiger partial charge >= 0.3 is 5.97 Å². The number of rotatable bonds is 6. The molecule has 0 aromatic carbocycles. The first-order valence-electron chi connectivity index (χ1n) is 4.86. The Morgan fingerprint density at radius 1 is 1.29 bits per heavy atom.